The molecule has 0 bridgehead atoms. The second kappa shape index (κ2) is 9.60. The number of anilines is 1. The van der Waals surface area contributed by atoms with Gasteiger partial charge in [0.15, 0.2) is 18.1 Å². The summed E-state index contributed by atoms with van der Waals surface area (Å²) in [4.78, 5) is 27.2. The number of aromatic hydroxyl groups is 1. The number of phenols is 1. The van der Waals surface area contributed by atoms with Crippen LogP contribution in [0.5, 0.6) is 11.5 Å². The maximum atomic E-state index is 14.5. The fourth-order valence-electron chi connectivity index (χ4n) is 5.61. The van der Waals surface area contributed by atoms with Crippen molar-refractivity contribution in [1.29, 1.82) is 0 Å². The first-order valence-electron chi connectivity index (χ1n) is 11.7. The molecule has 1 spiro atoms. The molecular weight excluding hydrogens is 563 g/mol. The minimum absolute atomic E-state index is 0.0591. The molecule has 0 saturated carbocycles. The third-order valence-corrected chi connectivity index (χ3v) is 7.58. The van der Waals surface area contributed by atoms with Gasteiger partial charge in [0.1, 0.15) is 11.2 Å². The number of piperidine rings is 1. The van der Waals surface area contributed by atoms with Gasteiger partial charge in [0.25, 0.3) is 0 Å². The highest BCUT2D eigenvalue weighted by molar-refractivity contribution is 6.31. The van der Waals surface area contributed by atoms with Gasteiger partial charge < -0.3 is 20.5 Å². The third-order valence-electron chi connectivity index (χ3n) is 7.12. The molecule has 12 heteroatoms. The lowest BCUT2D eigenvalue weighted by Gasteiger charge is -2.47. The molecule has 3 aromatic carbocycles. The topological polar surface area (TPSA) is 87.7 Å². The van der Waals surface area contributed by atoms with E-state index in [1.165, 1.54) is 36.4 Å². The molecule has 204 valence electrons. The quantitative estimate of drug-likeness (QED) is 0.314. The van der Waals surface area contributed by atoms with Crippen LogP contribution in [0.15, 0.2) is 48.5 Å². The largest absolute Gasteiger partial charge is 0.504 e. The number of hydrogen-bond donors (Lipinski definition) is 3. The molecule has 39 heavy (non-hydrogen) atoms. The molecule has 0 aromatic heterocycles. The maximum absolute atomic E-state index is 14.5. The molecule has 0 radical (unpaired) electrons. The Labute approximate surface area is 229 Å². The molecule has 2 aliphatic heterocycles. The minimum atomic E-state index is -4.75. The van der Waals surface area contributed by atoms with E-state index in [4.69, 9.17) is 27.9 Å². The van der Waals surface area contributed by atoms with Crippen LogP contribution in [0.4, 0.5) is 23.2 Å². The number of nitrogens with one attached hydrogen (secondary N) is 2. The molecule has 3 atom stereocenters. The summed E-state index contributed by atoms with van der Waals surface area (Å²) in [5.41, 5.74) is -0.279. The Morgan fingerprint density at radius 1 is 1.05 bits per heavy atom. The Hall–Kier alpha value is -3.50. The van der Waals surface area contributed by atoms with E-state index < -0.39 is 59.3 Å². The predicted molar refractivity (Wildman–Crippen MR) is 136 cm³/mol. The molecule has 3 aromatic rings. The molecule has 2 heterocycles. The smallest absolute Gasteiger partial charge is 0.422 e. The molecule has 1 fully saturated rings. The van der Waals surface area contributed by atoms with Gasteiger partial charge >= 0.3 is 6.18 Å². The Morgan fingerprint density at radius 2 is 1.79 bits per heavy atom. The zero-order valence-corrected chi connectivity index (χ0v) is 21.6. The molecule has 2 aliphatic rings. The van der Waals surface area contributed by atoms with Crippen molar-refractivity contribution in [2.75, 3.05) is 11.9 Å². The second-order valence-electron chi connectivity index (χ2n) is 9.52. The van der Waals surface area contributed by atoms with Crippen LogP contribution in [0.1, 0.15) is 40.6 Å². The SMILES string of the molecule is Cc1ccc(F)cc1[C@@H]1NC(=O)C[C@H](c2cc(Cl)cc(O)c2OCC(F)(F)F)[C@@]12C(=O)Nc1cc(Cl)ccc12. The molecule has 1 saturated heterocycles. The summed E-state index contributed by atoms with van der Waals surface area (Å²) >= 11 is 12.4. The van der Waals surface area contributed by atoms with E-state index in [2.05, 4.69) is 10.6 Å². The van der Waals surface area contributed by atoms with E-state index in [9.17, 15) is 32.3 Å². The van der Waals surface area contributed by atoms with Gasteiger partial charge in [0, 0.05) is 39.7 Å². The average Bonchev–Trinajstić information content (AvgIpc) is 3.11. The van der Waals surface area contributed by atoms with Crippen LogP contribution in [0.2, 0.25) is 10.0 Å². The van der Waals surface area contributed by atoms with E-state index in [0.717, 1.165) is 6.07 Å². The van der Waals surface area contributed by atoms with Crippen molar-refractivity contribution in [3.63, 3.8) is 0 Å². The fraction of sp³-hybridized carbons (Fsp3) is 0.259. The lowest BCUT2D eigenvalue weighted by atomic mass is 9.59. The van der Waals surface area contributed by atoms with Gasteiger partial charge in [0.05, 0.1) is 6.04 Å². The number of carbonyl (C=O) groups is 2. The van der Waals surface area contributed by atoms with Crippen molar-refractivity contribution in [1.82, 2.24) is 5.32 Å². The van der Waals surface area contributed by atoms with Crippen LogP contribution in [0.25, 0.3) is 0 Å². The molecule has 2 amide bonds. The Bertz CT molecular complexity index is 1510. The first-order chi connectivity index (χ1) is 18.3. The lowest BCUT2D eigenvalue weighted by Crippen LogP contribution is -2.57. The van der Waals surface area contributed by atoms with Crippen molar-refractivity contribution in [3.8, 4) is 11.5 Å². The Kier molecular flexibility index (Phi) is 6.67. The number of phenolic OH excluding ortho intramolecular Hbond substituents is 1. The van der Waals surface area contributed by atoms with Crippen LogP contribution in [0, 0.1) is 12.7 Å². The number of aryl methyl sites for hydroxylation is 1. The summed E-state index contributed by atoms with van der Waals surface area (Å²) in [5.74, 6) is -4.26. The van der Waals surface area contributed by atoms with Crippen molar-refractivity contribution in [2.45, 2.75) is 36.9 Å². The highest BCUT2D eigenvalue weighted by Gasteiger charge is 2.62. The second-order valence-corrected chi connectivity index (χ2v) is 10.4. The predicted octanol–water partition coefficient (Wildman–Crippen LogP) is 6.32. The molecule has 6 nitrogen and oxygen atoms in total. The van der Waals surface area contributed by atoms with E-state index in [1.54, 1.807) is 13.0 Å². The molecule has 5 rings (SSSR count). The highest BCUT2D eigenvalue weighted by Crippen LogP contribution is 2.60. The molecule has 0 unspecified atom stereocenters. The van der Waals surface area contributed by atoms with E-state index >= 15 is 0 Å². The highest BCUT2D eigenvalue weighted by atomic mass is 35.5. The third kappa shape index (κ3) is 4.65. The zero-order valence-electron chi connectivity index (χ0n) is 20.1. The monoisotopic (exact) mass is 582 g/mol. The normalized spacial score (nSPS) is 22.4. The number of amides is 2. The van der Waals surface area contributed by atoms with Crippen molar-refractivity contribution < 1.29 is 37.0 Å². The van der Waals surface area contributed by atoms with E-state index in [1.807, 2.05) is 0 Å². The van der Waals surface area contributed by atoms with Crippen LogP contribution >= 0.6 is 23.2 Å². The van der Waals surface area contributed by atoms with Gasteiger partial charge in [-0.15, -0.1) is 0 Å². The van der Waals surface area contributed by atoms with E-state index in [-0.39, 0.29) is 22.6 Å². The van der Waals surface area contributed by atoms with E-state index in [0.29, 0.717) is 21.8 Å². The fourth-order valence-corrected chi connectivity index (χ4v) is 6.01. The molecule has 0 aliphatic carbocycles. The summed E-state index contributed by atoms with van der Waals surface area (Å²) in [6.45, 7) is -0.0666. The Balaban J connectivity index is 1.82. The zero-order chi connectivity index (χ0) is 28.3. The number of ether oxygens (including phenoxy) is 1. The number of fused-ring (bicyclic) bond motifs is 2. The molecule has 3 N–H and O–H groups in total. The van der Waals surface area contributed by atoms with Gasteiger partial charge in [-0.3, -0.25) is 9.59 Å². The van der Waals surface area contributed by atoms with Crippen molar-refractivity contribution in [2.24, 2.45) is 0 Å². The molecular formula is C27H20Cl2F4N2O4. The summed E-state index contributed by atoms with van der Waals surface area (Å²) in [7, 11) is 0. The number of rotatable bonds is 4. The Morgan fingerprint density at radius 3 is 2.51 bits per heavy atom. The van der Waals surface area contributed by atoms with Crippen molar-refractivity contribution in [3.05, 3.63) is 86.6 Å². The van der Waals surface area contributed by atoms with Crippen LogP contribution in [0.3, 0.4) is 0 Å². The summed E-state index contributed by atoms with van der Waals surface area (Å²) in [6, 6.07) is 9.62. The number of carbonyl (C=O) groups excluding carboxylic acids is 2. The minimum Gasteiger partial charge on any atom is -0.504 e. The van der Waals surface area contributed by atoms with Crippen LogP contribution in [-0.4, -0.2) is 29.7 Å². The van der Waals surface area contributed by atoms with Gasteiger partial charge in [-0.05, 0) is 53.9 Å². The first-order valence-corrected chi connectivity index (χ1v) is 12.5. The summed E-state index contributed by atoms with van der Waals surface area (Å²) in [5, 5.41) is 16.4. The standard InChI is InChI=1S/C27H20Cl2F4N2O4/c1-12-2-4-15(30)9-16(12)24-27(18-5-3-13(28)7-20(18)34-25(27)38)19(10-22(37)35-24)17-6-14(29)8-21(36)23(17)39-11-26(31,32)33/h2-9,19,24,36H,10-11H2,1H3,(H,34,38)(H,35,37)/t19-,24+,27-/m1/s1. The summed E-state index contributed by atoms with van der Waals surface area (Å²) < 4.78 is 59.0. The van der Waals surface area contributed by atoms with Gasteiger partial charge in [-0.25, -0.2) is 4.39 Å². The lowest BCUT2D eigenvalue weighted by molar-refractivity contribution is -0.154. The van der Waals surface area contributed by atoms with Crippen LogP contribution < -0.4 is 15.4 Å². The number of halogens is 6. The van der Waals surface area contributed by atoms with Gasteiger partial charge in [-0.2, -0.15) is 13.2 Å². The summed E-state index contributed by atoms with van der Waals surface area (Å²) in [6.07, 6.45) is -5.14. The number of hydrogen-bond acceptors (Lipinski definition) is 4. The van der Waals surface area contributed by atoms with Gasteiger partial charge in [0.2, 0.25) is 11.8 Å². The average molecular weight is 583 g/mol. The van der Waals surface area contributed by atoms with Crippen LogP contribution in [-0.2, 0) is 15.0 Å². The maximum Gasteiger partial charge on any atom is 0.422 e. The first kappa shape index (κ1) is 27.1. The van der Waals surface area contributed by atoms with Gasteiger partial charge in [-0.1, -0.05) is 35.3 Å². The number of alkyl halides is 3. The van der Waals surface area contributed by atoms with Crippen molar-refractivity contribution >= 4 is 40.7 Å². The number of benzene rings is 3.